The zero-order valence-corrected chi connectivity index (χ0v) is 17.0. The van der Waals surface area contributed by atoms with E-state index in [0.717, 1.165) is 43.5 Å². The van der Waals surface area contributed by atoms with Crippen molar-refractivity contribution < 1.29 is 0 Å². The molecule has 0 aliphatic carbocycles. The number of piperidine rings is 2. The first-order valence-corrected chi connectivity index (χ1v) is 11.0. The van der Waals surface area contributed by atoms with Gasteiger partial charge in [0, 0.05) is 31.7 Å². The van der Waals surface area contributed by atoms with Crippen LogP contribution in [0.15, 0.2) is 59.4 Å². The lowest BCUT2D eigenvalue weighted by Crippen LogP contribution is -2.48. The highest BCUT2D eigenvalue weighted by Crippen LogP contribution is 2.28. The molecule has 2 aliphatic rings. The van der Waals surface area contributed by atoms with Gasteiger partial charge in [0.15, 0.2) is 0 Å². The second-order valence-electron chi connectivity index (χ2n) is 8.58. The lowest BCUT2D eigenvalue weighted by molar-refractivity contribution is 0.0769. The molecule has 0 unspecified atom stereocenters. The Morgan fingerprint density at radius 1 is 0.793 bits per heavy atom. The number of aromatic amines is 1. The summed E-state index contributed by atoms with van der Waals surface area (Å²) >= 11 is 0. The molecule has 0 spiro atoms. The molecule has 5 nitrogen and oxygen atoms in total. The quantitative estimate of drug-likeness (QED) is 0.740. The van der Waals surface area contributed by atoms with Gasteiger partial charge < -0.3 is 9.88 Å². The zero-order chi connectivity index (χ0) is 19.6. The molecule has 2 saturated heterocycles. The van der Waals surface area contributed by atoms with Crippen LogP contribution in [-0.4, -0.2) is 51.6 Å². The van der Waals surface area contributed by atoms with Crippen LogP contribution in [0.2, 0.25) is 0 Å². The van der Waals surface area contributed by atoms with E-state index >= 15 is 0 Å². The van der Waals surface area contributed by atoms with E-state index in [2.05, 4.69) is 51.2 Å². The first-order valence-electron chi connectivity index (χ1n) is 11.0. The van der Waals surface area contributed by atoms with Crippen LogP contribution in [-0.2, 0) is 6.54 Å². The van der Waals surface area contributed by atoms with E-state index in [4.69, 9.17) is 0 Å². The monoisotopic (exact) mass is 390 g/mol. The van der Waals surface area contributed by atoms with Crippen LogP contribution in [0.4, 0.5) is 0 Å². The smallest absolute Gasteiger partial charge is 0.306 e. The number of likely N-dealkylation sites (tertiary alicyclic amines) is 2. The fourth-order valence-corrected chi connectivity index (χ4v) is 5.23. The molecule has 0 atom stereocenters. The summed E-state index contributed by atoms with van der Waals surface area (Å²) in [5.74, 6) is 0. The lowest BCUT2D eigenvalue weighted by Gasteiger charge is -2.42. The molecule has 2 aliphatic heterocycles. The Hall–Kier alpha value is -2.37. The van der Waals surface area contributed by atoms with Crippen LogP contribution in [0.25, 0.3) is 11.0 Å². The number of imidazole rings is 1. The van der Waals surface area contributed by atoms with E-state index in [1.165, 1.54) is 31.5 Å². The molecule has 0 bridgehead atoms. The van der Waals surface area contributed by atoms with Gasteiger partial charge in [-0.1, -0.05) is 42.5 Å². The van der Waals surface area contributed by atoms with Gasteiger partial charge in [-0.05, 0) is 56.5 Å². The Morgan fingerprint density at radius 3 is 2.21 bits per heavy atom. The number of H-pyrrole nitrogens is 1. The standard InChI is InChI=1S/C24H30N4O/c29-24-25-22-8-4-5-9-23(22)28(24)21-12-16-27(17-13-21)20-10-14-26(15-11-20)18-19-6-2-1-3-7-19/h1-9,20-21H,10-18H2,(H,25,29). The molecule has 0 radical (unpaired) electrons. The molecule has 3 aromatic rings. The topological polar surface area (TPSA) is 44.3 Å². The predicted molar refractivity (Wildman–Crippen MR) is 117 cm³/mol. The third-order valence-electron chi connectivity index (χ3n) is 6.81. The van der Waals surface area contributed by atoms with Crippen LogP contribution in [0.3, 0.4) is 0 Å². The molecule has 2 fully saturated rings. The van der Waals surface area contributed by atoms with Crippen LogP contribution >= 0.6 is 0 Å². The molecule has 0 amide bonds. The van der Waals surface area contributed by atoms with Gasteiger partial charge in [0.25, 0.3) is 0 Å². The van der Waals surface area contributed by atoms with Gasteiger partial charge in [0.05, 0.1) is 11.0 Å². The van der Waals surface area contributed by atoms with Crippen molar-refractivity contribution in [1.29, 1.82) is 0 Å². The summed E-state index contributed by atoms with van der Waals surface area (Å²) in [4.78, 5) is 20.8. The van der Waals surface area contributed by atoms with Crippen molar-refractivity contribution in [3.05, 3.63) is 70.6 Å². The van der Waals surface area contributed by atoms with Gasteiger partial charge in [0.2, 0.25) is 0 Å². The molecule has 0 saturated carbocycles. The highest BCUT2D eigenvalue weighted by molar-refractivity contribution is 5.75. The molecule has 5 rings (SSSR count). The van der Waals surface area contributed by atoms with Crippen LogP contribution in [0.1, 0.15) is 37.3 Å². The largest absolute Gasteiger partial charge is 0.326 e. The molecule has 29 heavy (non-hydrogen) atoms. The fourth-order valence-electron chi connectivity index (χ4n) is 5.23. The minimum atomic E-state index is 0.0406. The first-order chi connectivity index (χ1) is 14.3. The minimum Gasteiger partial charge on any atom is -0.306 e. The maximum absolute atomic E-state index is 12.5. The number of nitrogens with one attached hydrogen (secondary N) is 1. The number of aromatic nitrogens is 2. The molecular weight excluding hydrogens is 360 g/mol. The van der Waals surface area contributed by atoms with Gasteiger partial charge in [-0.15, -0.1) is 0 Å². The summed E-state index contributed by atoms with van der Waals surface area (Å²) in [5, 5.41) is 0. The highest BCUT2D eigenvalue weighted by atomic mass is 16.1. The highest BCUT2D eigenvalue weighted by Gasteiger charge is 2.29. The maximum Gasteiger partial charge on any atom is 0.326 e. The average Bonchev–Trinajstić information content (AvgIpc) is 3.11. The van der Waals surface area contributed by atoms with Gasteiger partial charge in [-0.3, -0.25) is 9.47 Å². The number of nitrogens with zero attached hydrogens (tertiary/aromatic N) is 3. The molecule has 3 heterocycles. The van der Waals surface area contributed by atoms with Crippen LogP contribution in [0, 0.1) is 0 Å². The third kappa shape index (κ3) is 3.89. The Balaban J connectivity index is 1.16. The summed E-state index contributed by atoms with van der Waals surface area (Å²) in [6.07, 6.45) is 4.63. The van der Waals surface area contributed by atoms with Crippen molar-refractivity contribution in [3.8, 4) is 0 Å². The van der Waals surface area contributed by atoms with Crippen molar-refractivity contribution >= 4 is 11.0 Å². The van der Waals surface area contributed by atoms with Crippen molar-refractivity contribution in [1.82, 2.24) is 19.4 Å². The van der Waals surface area contributed by atoms with Gasteiger partial charge in [0.1, 0.15) is 0 Å². The SMILES string of the molecule is O=c1[nH]c2ccccc2n1C1CCN(C2CCN(Cc3ccccc3)CC2)CC1. The number of hydrogen-bond acceptors (Lipinski definition) is 3. The second-order valence-corrected chi connectivity index (χ2v) is 8.58. The number of fused-ring (bicyclic) bond motifs is 1. The number of para-hydroxylation sites is 2. The van der Waals surface area contributed by atoms with E-state index in [-0.39, 0.29) is 5.69 Å². The maximum atomic E-state index is 12.5. The van der Waals surface area contributed by atoms with Crippen molar-refractivity contribution in [2.45, 2.75) is 44.3 Å². The molecule has 1 N–H and O–H groups in total. The van der Waals surface area contributed by atoms with Crippen molar-refractivity contribution in [3.63, 3.8) is 0 Å². The lowest BCUT2D eigenvalue weighted by atomic mass is 9.97. The Morgan fingerprint density at radius 2 is 1.45 bits per heavy atom. The van der Waals surface area contributed by atoms with Crippen molar-refractivity contribution in [2.24, 2.45) is 0 Å². The molecular formula is C24H30N4O. The predicted octanol–water partition coefficient (Wildman–Crippen LogP) is 3.63. The Kier molecular flexibility index (Phi) is 5.25. The number of benzene rings is 2. The summed E-state index contributed by atoms with van der Waals surface area (Å²) in [5.41, 5.74) is 3.45. The second kappa shape index (κ2) is 8.17. The van der Waals surface area contributed by atoms with Crippen molar-refractivity contribution in [2.75, 3.05) is 26.2 Å². The van der Waals surface area contributed by atoms with E-state index in [1.807, 2.05) is 22.8 Å². The zero-order valence-electron chi connectivity index (χ0n) is 17.0. The summed E-state index contributed by atoms with van der Waals surface area (Å²) in [6, 6.07) is 19.9. The third-order valence-corrected chi connectivity index (χ3v) is 6.81. The van der Waals surface area contributed by atoms with E-state index in [1.54, 1.807) is 0 Å². The normalized spacial score (nSPS) is 20.4. The summed E-state index contributed by atoms with van der Waals surface area (Å²) < 4.78 is 2.00. The minimum absolute atomic E-state index is 0.0406. The average molecular weight is 391 g/mol. The fraction of sp³-hybridized carbons (Fsp3) is 0.458. The Bertz CT molecular complexity index is 992. The van der Waals surface area contributed by atoms with Crippen LogP contribution in [0.5, 0.6) is 0 Å². The molecule has 152 valence electrons. The Labute approximate surface area is 171 Å². The number of hydrogen-bond donors (Lipinski definition) is 1. The van der Waals surface area contributed by atoms with Gasteiger partial charge in [-0.2, -0.15) is 0 Å². The molecule has 5 heteroatoms. The molecule has 1 aromatic heterocycles. The number of rotatable bonds is 4. The van der Waals surface area contributed by atoms with Gasteiger partial charge in [-0.25, -0.2) is 4.79 Å². The van der Waals surface area contributed by atoms with E-state index in [0.29, 0.717) is 12.1 Å². The molecule has 2 aromatic carbocycles. The van der Waals surface area contributed by atoms with E-state index in [9.17, 15) is 4.79 Å². The van der Waals surface area contributed by atoms with E-state index < -0.39 is 0 Å². The summed E-state index contributed by atoms with van der Waals surface area (Å²) in [7, 11) is 0. The van der Waals surface area contributed by atoms with Gasteiger partial charge >= 0.3 is 5.69 Å². The van der Waals surface area contributed by atoms with Crippen LogP contribution < -0.4 is 5.69 Å². The first kappa shape index (κ1) is 18.6. The summed E-state index contributed by atoms with van der Waals surface area (Å²) in [6.45, 7) is 5.63.